The molecule has 118 valence electrons. The zero-order chi connectivity index (χ0) is 16.5. The Labute approximate surface area is 125 Å². The van der Waals surface area contributed by atoms with E-state index in [1.165, 1.54) is 0 Å². The van der Waals surface area contributed by atoms with Gasteiger partial charge in [-0.25, -0.2) is 0 Å². The van der Waals surface area contributed by atoms with Gasteiger partial charge in [0.05, 0.1) is 0 Å². The molecule has 0 N–H and O–H groups in total. The second-order valence-corrected chi connectivity index (χ2v) is 7.20. The largest absolute Gasteiger partial charge is 0.310 e. The van der Waals surface area contributed by atoms with Gasteiger partial charge in [-0.3, -0.25) is 0 Å². The number of halogens is 5. The molecule has 0 amide bonds. The van der Waals surface area contributed by atoms with Gasteiger partial charge in [-0.2, -0.15) is 0 Å². The van der Waals surface area contributed by atoms with Crippen LogP contribution in [0, 0.1) is 11.8 Å². The van der Waals surface area contributed by atoms with Crippen LogP contribution in [-0.2, 0) is 6.42 Å². The van der Waals surface area contributed by atoms with Gasteiger partial charge in [-0.1, -0.05) is 50.3 Å². The highest BCUT2D eigenvalue weighted by atomic mass is 32.5. The van der Waals surface area contributed by atoms with E-state index in [0.717, 1.165) is 24.1 Å². The molecule has 0 aliphatic heterocycles. The Bertz CT molecular complexity index is 732. The van der Waals surface area contributed by atoms with Gasteiger partial charge in [0.2, 0.25) is 0 Å². The fourth-order valence-corrected chi connectivity index (χ4v) is 2.41. The van der Waals surface area contributed by atoms with E-state index < -0.39 is 15.1 Å². The first kappa shape index (κ1) is 16.4. The third kappa shape index (κ3) is 4.25. The molecule has 2 rings (SSSR count). The molecule has 0 aliphatic rings. The van der Waals surface area contributed by atoms with Crippen LogP contribution in [0.2, 0.25) is 0 Å². The lowest BCUT2D eigenvalue weighted by Crippen LogP contribution is -2.05. The molecule has 0 radical (unpaired) electrons. The first-order valence-electron chi connectivity index (χ1n) is 6.43. The van der Waals surface area contributed by atoms with E-state index in [4.69, 9.17) is 0 Å². The second kappa shape index (κ2) is 4.75. The minimum Gasteiger partial charge on any atom is -0.0936 e. The second-order valence-electron chi connectivity index (χ2n) is 4.79. The van der Waals surface area contributed by atoms with Crippen molar-refractivity contribution < 1.29 is 19.4 Å². The molecule has 0 unspecified atom stereocenters. The van der Waals surface area contributed by atoms with Crippen molar-refractivity contribution in [3.63, 3.8) is 0 Å². The summed E-state index contributed by atoms with van der Waals surface area (Å²) < 4.78 is 62.8. The van der Waals surface area contributed by atoms with E-state index in [2.05, 4.69) is 11.8 Å². The minimum absolute atomic E-state index is 0.241. The number of benzene rings is 2. The highest BCUT2D eigenvalue weighted by molar-refractivity contribution is 8.45. The molecule has 6 heteroatoms. The van der Waals surface area contributed by atoms with Crippen LogP contribution >= 0.6 is 10.2 Å². The van der Waals surface area contributed by atoms with Gasteiger partial charge in [0.15, 0.2) is 0 Å². The van der Waals surface area contributed by atoms with Crippen molar-refractivity contribution >= 4 is 10.2 Å². The lowest BCUT2D eigenvalue weighted by atomic mass is 10.1. The third-order valence-electron chi connectivity index (χ3n) is 3.01. The Morgan fingerprint density at radius 2 is 1.14 bits per heavy atom. The maximum Gasteiger partial charge on any atom is 0.310 e. The SMILES string of the molecule is CCc1ccc(C#Cc2ccc(S(F)(F)(F)(F)F)cc2)cc1. The summed E-state index contributed by atoms with van der Waals surface area (Å²) in [6.45, 7) is 2.01. The molecule has 0 nitrogen and oxygen atoms in total. The summed E-state index contributed by atoms with van der Waals surface area (Å²) >= 11 is 0. The van der Waals surface area contributed by atoms with Gasteiger partial charge in [0.1, 0.15) is 4.90 Å². The molecular weight excluding hydrogens is 319 g/mol. The van der Waals surface area contributed by atoms with Crippen LogP contribution in [0.1, 0.15) is 23.6 Å². The van der Waals surface area contributed by atoms with Crippen molar-refractivity contribution in [1.82, 2.24) is 0 Å². The highest BCUT2D eigenvalue weighted by Crippen LogP contribution is 3.02. The van der Waals surface area contributed by atoms with Crippen molar-refractivity contribution in [2.45, 2.75) is 18.2 Å². The zero-order valence-electron chi connectivity index (χ0n) is 11.6. The van der Waals surface area contributed by atoms with Crippen LogP contribution in [0.15, 0.2) is 53.4 Å². The summed E-state index contributed by atoms with van der Waals surface area (Å²) in [4.78, 5) is -1.90. The third-order valence-corrected chi connectivity index (χ3v) is 4.18. The van der Waals surface area contributed by atoms with Crippen LogP contribution in [0.25, 0.3) is 0 Å². The standard InChI is InChI=1S/C16H13F5S/c1-2-13-3-5-14(6-4-13)7-8-15-9-11-16(12-10-15)22(17,18,19,20)21/h3-6,9-12H,2H2,1H3. The number of aryl methyl sites for hydroxylation is 1. The molecule has 0 saturated carbocycles. The van der Waals surface area contributed by atoms with Crippen molar-refractivity contribution in [2.24, 2.45) is 0 Å². The molecule has 0 saturated heterocycles. The predicted molar refractivity (Wildman–Crippen MR) is 79.6 cm³/mol. The molecule has 2 aromatic carbocycles. The smallest absolute Gasteiger partial charge is 0.0936 e. The van der Waals surface area contributed by atoms with Gasteiger partial charge in [0, 0.05) is 11.1 Å². The average Bonchev–Trinajstić information content (AvgIpc) is 2.44. The highest BCUT2D eigenvalue weighted by Gasteiger charge is 2.65. The van der Waals surface area contributed by atoms with Crippen LogP contribution in [0.3, 0.4) is 0 Å². The quantitative estimate of drug-likeness (QED) is 0.447. The van der Waals surface area contributed by atoms with Crippen molar-refractivity contribution in [2.75, 3.05) is 0 Å². The summed E-state index contributed by atoms with van der Waals surface area (Å²) in [6, 6.07) is 10.0. The molecule has 0 aliphatic carbocycles. The normalized spacial score (nSPS) is 14.5. The van der Waals surface area contributed by atoms with E-state index >= 15 is 0 Å². The molecule has 0 aromatic heterocycles. The average molecular weight is 332 g/mol. The Morgan fingerprint density at radius 3 is 1.50 bits per heavy atom. The van der Waals surface area contributed by atoms with Crippen LogP contribution < -0.4 is 0 Å². The molecule has 0 bridgehead atoms. The number of hydrogen-bond donors (Lipinski definition) is 0. The molecule has 2 aromatic rings. The molecule has 0 spiro atoms. The maximum atomic E-state index is 12.6. The lowest BCUT2D eigenvalue weighted by molar-refractivity contribution is 0.364. The van der Waals surface area contributed by atoms with E-state index in [0.29, 0.717) is 17.7 Å². The summed E-state index contributed by atoms with van der Waals surface area (Å²) in [5.74, 6) is 5.43. The van der Waals surface area contributed by atoms with Gasteiger partial charge in [-0.15, -0.1) is 0 Å². The summed E-state index contributed by atoms with van der Waals surface area (Å²) in [5.41, 5.74) is 2.09. The first-order chi connectivity index (χ1) is 9.97. The Kier molecular flexibility index (Phi) is 3.53. The van der Waals surface area contributed by atoms with Crippen molar-refractivity contribution in [3.8, 4) is 11.8 Å². The van der Waals surface area contributed by atoms with Gasteiger partial charge >= 0.3 is 10.2 Å². The Morgan fingerprint density at radius 1 is 0.727 bits per heavy atom. The Hall–Kier alpha value is -2.00. The molecule has 22 heavy (non-hydrogen) atoms. The molecule has 0 atom stereocenters. The number of rotatable bonds is 2. The topological polar surface area (TPSA) is 0 Å². The molecular formula is C16H13F5S. The molecule has 0 fully saturated rings. The first-order valence-corrected chi connectivity index (χ1v) is 8.38. The molecule has 0 heterocycles. The minimum atomic E-state index is -9.61. The van der Waals surface area contributed by atoms with Crippen molar-refractivity contribution in [3.05, 3.63) is 65.2 Å². The van der Waals surface area contributed by atoms with Gasteiger partial charge < -0.3 is 0 Å². The van der Waals surface area contributed by atoms with Gasteiger partial charge in [-0.05, 0) is 48.4 Å². The number of hydrogen-bond acceptors (Lipinski definition) is 0. The summed E-state index contributed by atoms with van der Waals surface area (Å²) in [7, 11) is -9.61. The summed E-state index contributed by atoms with van der Waals surface area (Å²) in [5, 5.41) is 0. The van der Waals surface area contributed by atoms with Crippen LogP contribution in [0.5, 0.6) is 0 Å². The van der Waals surface area contributed by atoms with E-state index in [1.807, 2.05) is 19.1 Å². The maximum absolute atomic E-state index is 12.6. The zero-order valence-corrected chi connectivity index (χ0v) is 12.4. The lowest BCUT2D eigenvalue weighted by Gasteiger charge is -2.40. The van der Waals surface area contributed by atoms with Crippen molar-refractivity contribution in [1.29, 1.82) is 0 Å². The summed E-state index contributed by atoms with van der Waals surface area (Å²) in [6.07, 6.45) is 0.892. The van der Waals surface area contributed by atoms with Crippen LogP contribution in [-0.4, -0.2) is 0 Å². The Balaban J connectivity index is 2.24. The van der Waals surface area contributed by atoms with Crippen LogP contribution in [0.4, 0.5) is 19.4 Å². The monoisotopic (exact) mass is 332 g/mol. The fraction of sp³-hybridized carbons (Fsp3) is 0.125. The van der Waals surface area contributed by atoms with E-state index in [1.54, 1.807) is 12.1 Å². The fourth-order valence-electron chi connectivity index (χ4n) is 1.76. The van der Waals surface area contributed by atoms with E-state index in [-0.39, 0.29) is 5.56 Å². The van der Waals surface area contributed by atoms with E-state index in [9.17, 15) is 19.4 Å². The predicted octanol–water partition coefficient (Wildman–Crippen LogP) is 6.31. The van der Waals surface area contributed by atoms with Gasteiger partial charge in [0.25, 0.3) is 0 Å².